The first-order valence-corrected chi connectivity index (χ1v) is 23.1. The number of allylic oxidation sites excluding steroid dienone is 1. The van der Waals surface area contributed by atoms with Crippen molar-refractivity contribution >= 4 is 56.9 Å². The van der Waals surface area contributed by atoms with Crippen molar-refractivity contribution in [3.63, 3.8) is 0 Å². The molecular formula is C48H44Cl2N4O8S2. The van der Waals surface area contributed by atoms with Gasteiger partial charge in [0, 0.05) is 13.0 Å². The Bertz CT molecular complexity index is 2770. The van der Waals surface area contributed by atoms with Gasteiger partial charge >= 0.3 is 5.97 Å². The average Bonchev–Trinajstić information content (AvgIpc) is 3.29. The number of nitrogens with zero attached hydrogens (tertiary/aromatic N) is 2. The number of carbonyl (C=O) groups excluding carboxylic acids is 2. The highest BCUT2D eigenvalue weighted by Crippen LogP contribution is 2.43. The van der Waals surface area contributed by atoms with E-state index in [1.54, 1.807) is 50.2 Å². The van der Waals surface area contributed by atoms with E-state index in [9.17, 15) is 18.0 Å². The van der Waals surface area contributed by atoms with Crippen molar-refractivity contribution in [2.45, 2.75) is 58.0 Å². The van der Waals surface area contributed by atoms with E-state index in [-0.39, 0.29) is 35.3 Å². The first kappa shape index (κ1) is 46.1. The number of rotatable bonds is 14. The molecule has 16 heteroatoms. The van der Waals surface area contributed by atoms with Crippen LogP contribution in [0.4, 0.5) is 0 Å². The summed E-state index contributed by atoms with van der Waals surface area (Å²) < 4.78 is 54.1. The number of nitrogens with two attached hydrogens (primary N) is 1. The Hall–Kier alpha value is -5.95. The predicted octanol–water partition coefficient (Wildman–Crippen LogP) is 9.00. The molecule has 0 aromatic heterocycles. The number of halogens is 2. The Balaban J connectivity index is 1.12. The third-order valence-corrected chi connectivity index (χ3v) is 15.0. The van der Waals surface area contributed by atoms with Crippen molar-refractivity contribution in [1.82, 2.24) is 9.62 Å². The van der Waals surface area contributed by atoms with Gasteiger partial charge in [0.2, 0.25) is 15.9 Å². The number of amides is 1. The molecule has 0 bridgehead atoms. The molecule has 7 rings (SSSR count). The summed E-state index contributed by atoms with van der Waals surface area (Å²) in [4.78, 5) is 27.7. The van der Waals surface area contributed by atoms with Crippen LogP contribution in [-0.2, 0) is 50.3 Å². The molecule has 2 aliphatic heterocycles. The molecule has 330 valence electrons. The van der Waals surface area contributed by atoms with Gasteiger partial charge in [-0.25, -0.2) is 13.2 Å². The van der Waals surface area contributed by atoms with Gasteiger partial charge < -0.3 is 30.0 Å². The highest BCUT2D eigenvalue weighted by molar-refractivity contribution is 8.20. The highest BCUT2D eigenvalue weighted by atomic mass is 35.5. The Kier molecular flexibility index (Phi) is 14.3. The van der Waals surface area contributed by atoms with Gasteiger partial charge in [0.05, 0.1) is 33.8 Å². The molecule has 3 N–H and O–H groups in total. The fraction of sp³-hybridized carbons (Fsp3) is 0.229. The summed E-state index contributed by atoms with van der Waals surface area (Å²) in [7, 11) is -3.15. The molecule has 64 heavy (non-hydrogen) atoms. The van der Waals surface area contributed by atoms with Gasteiger partial charge in [-0.1, -0.05) is 96.1 Å². The molecule has 0 radical (unpaired) electrons. The van der Waals surface area contributed by atoms with Gasteiger partial charge in [0.1, 0.15) is 35.3 Å². The monoisotopic (exact) mass is 938 g/mol. The quantitative estimate of drug-likeness (QED) is 0.102. The smallest absolute Gasteiger partial charge is 0.328 e. The molecule has 2 unspecified atom stereocenters. The van der Waals surface area contributed by atoms with Crippen molar-refractivity contribution in [2.75, 3.05) is 13.7 Å². The lowest BCUT2D eigenvalue weighted by Crippen LogP contribution is -2.56. The second-order valence-electron chi connectivity index (χ2n) is 15.4. The lowest BCUT2D eigenvalue weighted by molar-refractivity contribution is -0.145. The van der Waals surface area contributed by atoms with Crippen LogP contribution in [0, 0.1) is 11.3 Å². The zero-order valence-electron chi connectivity index (χ0n) is 35.1. The summed E-state index contributed by atoms with van der Waals surface area (Å²) in [6.07, 6.45) is -0.455. The number of sulfonamides is 1. The third kappa shape index (κ3) is 10.5. The maximum atomic E-state index is 14.6. The van der Waals surface area contributed by atoms with Crippen LogP contribution in [0.3, 0.4) is 0 Å². The molecule has 1 amide bonds. The molecule has 5 aromatic carbocycles. The fourth-order valence-corrected chi connectivity index (χ4v) is 10.7. The first-order valence-electron chi connectivity index (χ1n) is 20.0. The third-order valence-electron chi connectivity index (χ3n) is 10.7. The Morgan fingerprint density at radius 3 is 2.22 bits per heavy atom. The number of carbonyl (C=O) groups is 2. The zero-order valence-corrected chi connectivity index (χ0v) is 38.2. The maximum Gasteiger partial charge on any atom is 0.328 e. The Labute approximate surface area is 386 Å². The second-order valence-corrected chi connectivity index (χ2v) is 19.4. The van der Waals surface area contributed by atoms with E-state index in [0.717, 1.165) is 43.9 Å². The van der Waals surface area contributed by atoms with Crippen LogP contribution in [0.25, 0.3) is 11.1 Å². The number of benzene rings is 5. The van der Waals surface area contributed by atoms with Crippen LogP contribution in [-0.4, -0.2) is 50.4 Å². The number of hydrogen-bond acceptors (Lipinski definition) is 11. The van der Waals surface area contributed by atoms with E-state index in [2.05, 4.69) is 18.0 Å². The van der Waals surface area contributed by atoms with Crippen molar-refractivity contribution in [3.05, 3.63) is 168 Å². The van der Waals surface area contributed by atoms with Crippen LogP contribution >= 0.6 is 35.0 Å². The van der Waals surface area contributed by atoms with Gasteiger partial charge in [0.25, 0.3) is 0 Å². The van der Waals surface area contributed by atoms with Gasteiger partial charge in [-0.15, -0.1) is 0 Å². The average molecular weight is 940 g/mol. The number of thioether (sulfide) groups is 1. The zero-order chi connectivity index (χ0) is 45.7. The summed E-state index contributed by atoms with van der Waals surface area (Å²) in [5.41, 5.74) is 12.4. The van der Waals surface area contributed by atoms with Crippen LogP contribution in [0.15, 0.2) is 125 Å². The number of fused-ring (bicyclic) bond motifs is 2. The number of ether oxygens (including phenoxy) is 4. The fourth-order valence-electron chi connectivity index (χ4n) is 7.39. The van der Waals surface area contributed by atoms with Gasteiger partial charge in [0.15, 0.2) is 17.6 Å². The van der Waals surface area contributed by atoms with Crippen molar-refractivity contribution in [2.24, 2.45) is 5.73 Å². The molecule has 0 saturated carbocycles. The molecule has 2 heterocycles. The first-order chi connectivity index (χ1) is 30.6. The number of hydrogen-bond donors (Lipinski definition) is 2. The van der Waals surface area contributed by atoms with Crippen molar-refractivity contribution in [3.8, 4) is 34.4 Å². The predicted molar refractivity (Wildman–Crippen MR) is 248 cm³/mol. The second kappa shape index (κ2) is 19.8. The summed E-state index contributed by atoms with van der Waals surface area (Å²) in [6, 6.07) is 30.6. The largest absolute Gasteiger partial charge is 0.489 e. The topological polar surface area (TPSA) is 170 Å². The van der Waals surface area contributed by atoms with E-state index < -0.39 is 40.1 Å². The molecule has 3 atom stereocenters. The lowest BCUT2D eigenvalue weighted by atomic mass is 9.93. The van der Waals surface area contributed by atoms with Crippen LogP contribution < -0.4 is 25.3 Å². The number of esters is 1. The lowest BCUT2D eigenvalue weighted by Gasteiger charge is -2.37. The van der Waals surface area contributed by atoms with Crippen LogP contribution in [0.2, 0.25) is 10.0 Å². The normalized spacial score (nSPS) is 16.1. The van der Waals surface area contributed by atoms with Gasteiger partial charge in [-0.3, -0.25) is 4.79 Å². The Morgan fingerprint density at radius 1 is 0.938 bits per heavy atom. The number of nitrogens with one attached hydrogen (secondary N) is 1. The molecule has 0 fully saturated rings. The standard InChI is InChI=1S/C48H44Cl2N4O8S2/c1-28(2)48(63-29(3)52)64(57,58)54-25-37-23-44-43(61-27-45(62-44)35-14-16-38(17-15-35)60-26-32-9-18-39(49)40(50)19-32)22-36(37)21-42(54)46(55)53-41(47(56)59-4)20-30-5-10-33(11-6-30)34-12-7-31(24-51)8-13-34/h5-19,22-23,41-42,45H,3,20-21,25-27,52H2,1-2,4H3,(H,53,55)/t41-,42?,45?/m0/s1. The van der Waals surface area contributed by atoms with Gasteiger partial charge in [-0.05, 0) is 113 Å². The molecule has 0 spiro atoms. The maximum absolute atomic E-state index is 14.6. The minimum absolute atomic E-state index is 0.0401. The Morgan fingerprint density at radius 2 is 1.59 bits per heavy atom. The van der Waals surface area contributed by atoms with Crippen molar-refractivity contribution in [1.29, 1.82) is 5.26 Å². The van der Waals surface area contributed by atoms with E-state index in [4.69, 9.17) is 53.1 Å². The minimum atomic E-state index is -4.37. The summed E-state index contributed by atoms with van der Waals surface area (Å²) in [5, 5.41) is 12.9. The number of methoxy groups -OCH3 is 1. The van der Waals surface area contributed by atoms with E-state index in [1.165, 1.54) is 7.11 Å². The minimum Gasteiger partial charge on any atom is -0.489 e. The number of nitriles is 1. The van der Waals surface area contributed by atoms with Gasteiger partial charge in [-0.2, -0.15) is 9.57 Å². The molecule has 0 aliphatic carbocycles. The molecule has 5 aromatic rings. The molecular weight excluding hydrogens is 896 g/mol. The highest BCUT2D eigenvalue weighted by Gasteiger charge is 2.43. The van der Waals surface area contributed by atoms with Crippen LogP contribution in [0.5, 0.6) is 17.2 Å². The van der Waals surface area contributed by atoms with E-state index in [1.807, 2.05) is 66.7 Å². The van der Waals surface area contributed by atoms with Crippen LogP contribution in [0.1, 0.15) is 53.3 Å². The van der Waals surface area contributed by atoms with Crippen molar-refractivity contribution < 1.29 is 37.0 Å². The van der Waals surface area contributed by atoms with E-state index >= 15 is 0 Å². The SMILES string of the molecule is C=C(N)SC(=C(C)C)S(=O)(=O)N1Cc2cc3c(cc2CC1C(=O)N[C@@H](Cc1ccc(-c2ccc(C#N)cc2)cc1)C(=O)OC)OCC(c1ccc(OCc2ccc(Cl)c(Cl)c2)cc1)O3. The summed E-state index contributed by atoms with van der Waals surface area (Å²) in [6.45, 7) is 7.29. The molecule has 12 nitrogen and oxygen atoms in total. The molecule has 2 aliphatic rings. The summed E-state index contributed by atoms with van der Waals surface area (Å²) in [5.74, 6) is 0.112. The summed E-state index contributed by atoms with van der Waals surface area (Å²) >= 11 is 13.0. The van der Waals surface area contributed by atoms with E-state index in [0.29, 0.717) is 56.2 Å². The molecule has 0 saturated heterocycles.